The molecule has 2 aliphatic heterocycles. The van der Waals surface area contributed by atoms with E-state index in [1.165, 1.54) is 0 Å². The molecule has 9 heteroatoms. The molecule has 2 aliphatic rings. The Morgan fingerprint density at radius 2 is 1.90 bits per heavy atom. The fraction of sp³-hybridized carbons (Fsp3) is 0.917. The van der Waals surface area contributed by atoms with Crippen LogP contribution in [0.5, 0.6) is 0 Å². The number of likely N-dealkylation sites (N-methyl/N-ethyl adjacent to an activating group) is 1. The predicted molar refractivity (Wildman–Crippen MR) is 76.6 cm³/mol. The quantitative estimate of drug-likeness (QED) is 0.582. The van der Waals surface area contributed by atoms with E-state index < -0.39 is 22.3 Å². The van der Waals surface area contributed by atoms with E-state index in [1.807, 2.05) is 0 Å². The van der Waals surface area contributed by atoms with E-state index in [2.05, 4.69) is 21.0 Å². The van der Waals surface area contributed by atoms with Crippen molar-refractivity contribution in [2.45, 2.75) is 6.10 Å². The van der Waals surface area contributed by atoms with E-state index in [0.717, 1.165) is 39.0 Å². The van der Waals surface area contributed by atoms with Gasteiger partial charge in [0.05, 0.1) is 12.8 Å². The number of cyclic esters (lactones) is 1. The van der Waals surface area contributed by atoms with Gasteiger partial charge in [0.15, 0.2) is 0 Å². The highest BCUT2D eigenvalue weighted by molar-refractivity contribution is 7.85. The minimum Gasteiger partial charge on any atom is -0.442 e. The molecular formula is C12H23N3O5S. The minimum atomic E-state index is -3.50. The second-order valence-corrected chi connectivity index (χ2v) is 7.23. The first-order chi connectivity index (χ1) is 9.83. The molecule has 2 heterocycles. The van der Waals surface area contributed by atoms with E-state index in [-0.39, 0.29) is 6.61 Å². The van der Waals surface area contributed by atoms with Crippen LogP contribution in [-0.4, -0.2) is 101 Å². The molecule has 2 rings (SSSR count). The van der Waals surface area contributed by atoms with Gasteiger partial charge in [-0.3, -0.25) is 9.08 Å². The fourth-order valence-electron chi connectivity index (χ4n) is 2.38. The van der Waals surface area contributed by atoms with Crippen LogP contribution < -0.4 is 0 Å². The molecule has 0 bridgehead atoms. The topological polar surface area (TPSA) is 79.4 Å². The SMILES string of the molecule is CN1CCN(CCN2CC(COS(C)(=O)=O)OC2=O)CC1. The molecule has 1 atom stereocenters. The molecule has 0 N–H and O–H groups in total. The summed E-state index contributed by atoms with van der Waals surface area (Å²) in [6, 6.07) is 0. The number of rotatable bonds is 6. The molecular weight excluding hydrogens is 298 g/mol. The third-order valence-corrected chi connectivity index (χ3v) is 4.26. The van der Waals surface area contributed by atoms with Gasteiger partial charge in [-0.15, -0.1) is 0 Å². The van der Waals surface area contributed by atoms with Gasteiger partial charge in [-0.05, 0) is 7.05 Å². The molecule has 0 saturated carbocycles. The summed E-state index contributed by atoms with van der Waals surface area (Å²) in [5, 5.41) is 0. The first-order valence-corrected chi connectivity index (χ1v) is 8.86. The van der Waals surface area contributed by atoms with Crippen molar-refractivity contribution in [3.63, 3.8) is 0 Å². The Kier molecular flexibility index (Phi) is 5.42. The molecule has 0 spiro atoms. The van der Waals surface area contributed by atoms with Gasteiger partial charge in [0.25, 0.3) is 10.1 Å². The van der Waals surface area contributed by atoms with E-state index in [1.54, 1.807) is 4.90 Å². The zero-order chi connectivity index (χ0) is 15.5. The van der Waals surface area contributed by atoms with Crippen LogP contribution in [0.4, 0.5) is 4.79 Å². The number of piperazine rings is 1. The lowest BCUT2D eigenvalue weighted by Gasteiger charge is -2.32. The van der Waals surface area contributed by atoms with Crippen molar-refractivity contribution in [2.75, 3.05) is 65.7 Å². The smallest absolute Gasteiger partial charge is 0.410 e. The average Bonchev–Trinajstić information content (AvgIpc) is 2.76. The van der Waals surface area contributed by atoms with Gasteiger partial charge in [-0.25, -0.2) is 4.79 Å². The molecule has 122 valence electrons. The van der Waals surface area contributed by atoms with Crippen molar-refractivity contribution in [1.82, 2.24) is 14.7 Å². The summed E-state index contributed by atoms with van der Waals surface area (Å²) < 4.78 is 31.6. The van der Waals surface area contributed by atoms with Crippen molar-refractivity contribution in [3.05, 3.63) is 0 Å². The summed E-state index contributed by atoms with van der Waals surface area (Å²) in [5.74, 6) is 0. The van der Waals surface area contributed by atoms with Crippen molar-refractivity contribution in [1.29, 1.82) is 0 Å². The summed E-state index contributed by atoms with van der Waals surface area (Å²) in [6.07, 6.45) is 0.0699. The van der Waals surface area contributed by atoms with Crippen LogP contribution in [0.3, 0.4) is 0 Å². The van der Waals surface area contributed by atoms with Crippen molar-refractivity contribution < 1.29 is 22.1 Å². The second kappa shape index (κ2) is 6.91. The van der Waals surface area contributed by atoms with Gasteiger partial charge in [-0.1, -0.05) is 0 Å². The molecule has 2 saturated heterocycles. The van der Waals surface area contributed by atoms with Gasteiger partial charge >= 0.3 is 6.09 Å². The Bertz CT molecular complexity index is 462. The Morgan fingerprint density at radius 3 is 2.52 bits per heavy atom. The molecule has 0 radical (unpaired) electrons. The molecule has 21 heavy (non-hydrogen) atoms. The highest BCUT2D eigenvalue weighted by Gasteiger charge is 2.32. The van der Waals surface area contributed by atoms with E-state index in [9.17, 15) is 13.2 Å². The molecule has 1 amide bonds. The number of nitrogens with zero attached hydrogens (tertiary/aromatic N) is 3. The zero-order valence-electron chi connectivity index (χ0n) is 12.5. The van der Waals surface area contributed by atoms with Gasteiger partial charge in [0.2, 0.25) is 0 Å². The lowest BCUT2D eigenvalue weighted by molar-refractivity contribution is 0.103. The van der Waals surface area contributed by atoms with Crippen LogP contribution >= 0.6 is 0 Å². The number of carbonyl (C=O) groups excluding carboxylic acids is 1. The van der Waals surface area contributed by atoms with Crippen molar-refractivity contribution in [3.8, 4) is 0 Å². The highest BCUT2D eigenvalue weighted by Crippen LogP contribution is 2.12. The van der Waals surface area contributed by atoms with E-state index in [4.69, 9.17) is 4.74 Å². The molecule has 0 aliphatic carbocycles. The van der Waals surface area contributed by atoms with Crippen molar-refractivity contribution >= 4 is 16.2 Å². The monoisotopic (exact) mass is 321 g/mol. The van der Waals surface area contributed by atoms with Crippen molar-refractivity contribution in [2.24, 2.45) is 0 Å². The van der Waals surface area contributed by atoms with Crippen LogP contribution in [0.2, 0.25) is 0 Å². The summed E-state index contributed by atoms with van der Waals surface area (Å²) in [6.45, 7) is 5.74. The summed E-state index contributed by atoms with van der Waals surface area (Å²) in [4.78, 5) is 17.9. The third-order valence-electron chi connectivity index (χ3n) is 3.70. The Balaban J connectivity index is 1.71. The molecule has 0 aromatic carbocycles. The molecule has 1 unspecified atom stereocenters. The summed E-state index contributed by atoms with van der Waals surface area (Å²) >= 11 is 0. The third kappa shape index (κ3) is 5.42. The zero-order valence-corrected chi connectivity index (χ0v) is 13.3. The Labute approximate surface area is 125 Å². The summed E-state index contributed by atoms with van der Waals surface area (Å²) in [5.41, 5.74) is 0. The number of carbonyl (C=O) groups is 1. The molecule has 0 aromatic rings. The maximum Gasteiger partial charge on any atom is 0.410 e. The van der Waals surface area contributed by atoms with Crippen LogP contribution in [-0.2, 0) is 19.0 Å². The molecule has 8 nitrogen and oxygen atoms in total. The van der Waals surface area contributed by atoms with Crippen LogP contribution in [0.15, 0.2) is 0 Å². The lowest BCUT2D eigenvalue weighted by atomic mass is 10.3. The molecule has 0 aromatic heterocycles. The average molecular weight is 321 g/mol. The number of hydrogen-bond acceptors (Lipinski definition) is 7. The van der Waals surface area contributed by atoms with Gasteiger partial charge in [0.1, 0.15) is 12.7 Å². The maximum atomic E-state index is 11.7. The first kappa shape index (κ1) is 16.5. The second-order valence-electron chi connectivity index (χ2n) is 5.59. The Hall–Kier alpha value is -0.900. The normalized spacial score (nSPS) is 25.3. The number of hydrogen-bond donors (Lipinski definition) is 0. The van der Waals surface area contributed by atoms with Crippen LogP contribution in [0.25, 0.3) is 0 Å². The first-order valence-electron chi connectivity index (χ1n) is 7.04. The molecule has 2 fully saturated rings. The van der Waals surface area contributed by atoms with Gasteiger partial charge < -0.3 is 14.5 Å². The van der Waals surface area contributed by atoms with Gasteiger partial charge in [0, 0.05) is 39.3 Å². The minimum absolute atomic E-state index is 0.115. The lowest BCUT2D eigenvalue weighted by Crippen LogP contribution is -2.47. The summed E-state index contributed by atoms with van der Waals surface area (Å²) in [7, 11) is -1.41. The number of ether oxygens (including phenoxy) is 1. The van der Waals surface area contributed by atoms with Crippen LogP contribution in [0.1, 0.15) is 0 Å². The van der Waals surface area contributed by atoms with Gasteiger partial charge in [-0.2, -0.15) is 8.42 Å². The van der Waals surface area contributed by atoms with E-state index in [0.29, 0.717) is 13.1 Å². The number of amides is 1. The van der Waals surface area contributed by atoms with Crippen LogP contribution in [0, 0.1) is 0 Å². The highest BCUT2D eigenvalue weighted by atomic mass is 32.2. The maximum absolute atomic E-state index is 11.7. The largest absolute Gasteiger partial charge is 0.442 e. The Morgan fingerprint density at radius 1 is 1.24 bits per heavy atom. The van der Waals surface area contributed by atoms with E-state index >= 15 is 0 Å². The predicted octanol–water partition coefficient (Wildman–Crippen LogP) is -0.969. The fourth-order valence-corrected chi connectivity index (χ4v) is 2.78. The standard InChI is InChI=1S/C12H23N3O5S/c1-13-3-5-14(6-4-13)7-8-15-9-11(20-12(15)16)10-19-21(2,17)18/h11H,3-10H2,1-2H3.